The number of aryl methyl sites for hydroxylation is 3. The molecule has 19 heavy (non-hydrogen) atoms. The molecule has 0 saturated heterocycles. The van der Waals surface area contributed by atoms with Crippen LogP contribution in [0.25, 0.3) is 5.69 Å². The molecule has 0 fully saturated rings. The zero-order valence-corrected chi connectivity index (χ0v) is 12.9. The van der Waals surface area contributed by atoms with Gasteiger partial charge >= 0.3 is 119 Å². The molecule has 0 aliphatic heterocycles. The van der Waals surface area contributed by atoms with Crippen molar-refractivity contribution in [3.8, 4) is 5.69 Å². The van der Waals surface area contributed by atoms with Gasteiger partial charge in [0.05, 0.1) is 0 Å². The first-order chi connectivity index (χ1) is 8.90. The first-order valence-corrected chi connectivity index (χ1v) is 6.83. The van der Waals surface area contributed by atoms with Gasteiger partial charge in [0, 0.05) is 0 Å². The van der Waals surface area contributed by atoms with E-state index in [0.717, 1.165) is 10.0 Å². The van der Waals surface area contributed by atoms with Gasteiger partial charge in [0.15, 0.2) is 0 Å². The fourth-order valence-electron chi connectivity index (χ4n) is 2.40. The molecule has 1 aromatic heterocycles. The SMILES string of the molecule is Cc1cc(C)c(-n2ccn(CC(=O)O)c2=[Se])c(C)c1. The molecular weight excluding hydrogens is 307 g/mol. The van der Waals surface area contributed by atoms with Crippen LogP contribution in [0.15, 0.2) is 24.5 Å². The van der Waals surface area contributed by atoms with Crippen LogP contribution in [0.4, 0.5) is 0 Å². The van der Waals surface area contributed by atoms with Crippen LogP contribution in [0.3, 0.4) is 0 Å². The van der Waals surface area contributed by atoms with Gasteiger partial charge in [-0.05, 0) is 0 Å². The van der Waals surface area contributed by atoms with Gasteiger partial charge in [-0.2, -0.15) is 0 Å². The Labute approximate surface area is 119 Å². The van der Waals surface area contributed by atoms with Gasteiger partial charge in [0.2, 0.25) is 0 Å². The van der Waals surface area contributed by atoms with Crippen LogP contribution >= 0.6 is 0 Å². The Morgan fingerprint density at radius 1 is 1.21 bits per heavy atom. The normalized spacial score (nSPS) is 10.7. The summed E-state index contributed by atoms with van der Waals surface area (Å²) in [6.07, 6.45) is 3.66. The van der Waals surface area contributed by atoms with Crippen LogP contribution in [-0.2, 0) is 11.3 Å². The van der Waals surface area contributed by atoms with Gasteiger partial charge in [0.25, 0.3) is 0 Å². The second kappa shape index (κ2) is 5.19. The van der Waals surface area contributed by atoms with Crippen molar-refractivity contribution >= 4 is 21.5 Å². The van der Waals surface area contributed by atoms with E-state index in [2.05, 4.69) is 48.5 Å². The third kappa shape index (κ3) is 2.72. The number of carbonyl (C=O) groups is 1. The topological polar surface area (TPSA) is 47.2 Å². The Morgan fingerprint density at radius 3 is 2.32 bits per heavy atom. The van der Waals surface area contributed by atoms with Crippen LogP contribution in [-0.4, -0.2) is 35.8 Å². The van der Waals surface area contributed by atoms with Gasteiger partial charge < -0.3 is 0 Å². The van der Waals surface area contributed by atoms with E-state index in [0.29, 0.717) is 0 Å². The Hall–Kier alpha value is -1.58. The summed E-state index contributed by atoms with van der Waals surface area (Å²) >= 11 is 2.95. The molecule has 0 bridgehead atoms. The van der Waals surface area contributed by atoms with E-state index in [9.17, 15) is 4.79 Å². The van der Waals surface area contributed by atoms with Gasteiger partial charge in [0.1, 0.15) is 0 Å². The van der Waals surface area contributed by atoms with E-state index < -0.39 is 5.97 Å². The molecule has 1 heterocycles. The van der Waals surface area contributed by atoms with Crippen molar-refractivity contribution in [3.05, 3.63) is 45.5 Å². The van der Waals surface area contributed by atoms with Gasteiger partial charge in [-0.3, -0.25) is 0 Å². The number of nitrogens with zero attached hydrogens (tertiary/aromatic N) is 2. The molecule has 4 nitrogen and oxygen atoms in total. The minimum atomic E-state index is -0.850. The number of hydrogen-bond acceptors (Lipinski definition) is 1. The quantitative estimate of drug-likeness (QED) is 0.878. The van der Waals surface area contributed by atoms with Crippen LogP contribution in [0.2, 0.25) is 0 Å². The molecule has 0 spiro atoms. The summed E-state index contributed by atoms with van der Waals surface area (Å²) in [5.41, 5.74) is 4.67. The first-order valence-electron chi connectivity index (χ1n) is 5.98. The monoisotopic (exact) mass is 324 g/mol. The first kappa shape index (κ1) is 13.8. The predicted molar refractivity (Wildman–Crippen MR) is 74.6 cm³/mol. The molecule has 1 N–H and O–H groups in total. The summed E-state index contributed by atoms with van der Waals surface area (Å²) in [6.45, 7) is 6.16. The Balaban J connectivity index is 2.58. The molecular formula is C14H16N2O2Se. The summed E-state index contributed by atoms with van der Waals surface area (Å²) in [5, 5.41) is 8.87. The maximum absolute atomic E-state index is 10.8. The molecule has 0 aliphatic rings. The van der Waals surface area contributed by atoms with Crippen LogP contribution in [0.1, 0.15) is 16.7 Å². The predicted octanol–water partition coefficient (Wildman–Crippen LogP) is 1.99. The van der Waals surface area contributed by atoms with Crippen molar-refractivity contribution in [2.45, 2.75) is 27.3 Å². The fraction of sp³-hybridized carbons (Fsp3) is 0.286. The molecule has 2 aromatic rings. The standard InChI is InChI=1S/C14H16N2O2Se/c1-9-6-10(2)13(11(3)7-9)16-5-4-15(14(16)19)8-12(17)18/h4-7H,8H2,1-3H3,(H,17,18). The molecule has 0 unspecified atom stereocenters. The number of aromatic nitrogens is 2. The number of carboxylic acid groups (broad SMARTS) is 1. The van der Waals surface area contributed by atoms with E-state index in [1.165, 1.54) is 16.7 Å². The molecule has 0 radical (unpaired) electrons. The maximum atomic E-state index is 10.8. The van der Waals surface area contributed by atoms with Crippen molar-refractivity contribution in [1.82, 2.24) is 9.13 Å². The van der Waals surface area contributed by atoms with Crippen molar-refractivity contribution in [3.63, 3.8) is 0 Å². The molecule has 2 rings (SSSR count). The Kier molecular flexibility index (Phi) is 3.78. The van der Waals surface area contributed by atoms with E-state index in [4.69, 9.17) is 5.11 Å². The number of imidazole rings is 1. The van der Waals surface area contributed by atoms with Gasteiger partial charge in [-0.25, -0.2) is 0 Å². The van der Waals surface area contributed by atoms with E-state index in [1.807, 2.05) is 10.8 Å². The second-order valence-corrected chi connectivity index (χ2v) is 5.49. The zero-order valence-electron chi connectivity index (χ0n) is 11.2. The average Bonchev–Trinajstić information content (AvgIpc) is 2.60. The Bertz CT molecular complexity index is 675. The zero-order chi connectivity index (χ0) is 14.2. The summed E-state index contributed by atoms with van der Waals surface area (Å²) in [5.74, 6) is -0.850. The third-order valence-electron chi connectivity index (χ3n) is 3.03. The van der Waals surface area contributed by atoms with Crippen LogP contribution in [0.5, 0.6) is 0 Å². The molecule has 0 aliphatic carbocycles. The molecule has 1 aromatic carbocycles. The molecule has 5 heteroatoms. The number of hydrogen-bond donors (Lipinski definition) is 1. The third-order valence-corrected chi connectivity index (χ3v) is 3.93. The molecule has 0 atom stereocenters. The molecule has 0 amide bonds. The van der Waals surface area contributed by atoms with E-state index >= 15 is 0 Å². The summed E-state index contributed by atoms with van der Waals surface area (Å²) in [7, 11) is 0. The van der Waals surface area contributed by atoms with Crippen molar-refractivity contribution in [2.75, 3.05) is 0 Å². The fourth-order valence-corrected chi connectivity index (χ4v) is 2.98. The Morgan fingerprint density at radius 2 is 1.79 bits per heavy atom. The van der Waals surface area contributed by atoms with Crippen LogP contribution in [0, 0.1) is 25.1 Å². The number of benzene rings is 1. The van der Waals surface area contributed by atoms with Gasteiger partial charge in [-0.1, -0.05) is 0 Å². The van der Waals surface area contributed by atoms with Crippen LogP contribution < -0.4 is 0 Å². The van der Waals surface area contributed by atoms with Gasteiger partial charge in [-0.15, -0.1) is 0 Å². The molecule has 0 saturated carbocycles. The summed E-state index contributed by atoms with van der Waals surface area (Å²) < 4.78 is 4.46. The van der Waals surface area contributed by atoms with E-state index in [1.54, 1.807) is 10.8 Å². The number of rotatable bonds is 3. The number of carboxylic acids is 1. The van der Waals surface area contributed by atoms with Crippen molar-refractivity contribution in [1.29, 1.82) is 0 Å². The van der Waals surface area contributed by atoms with Crippen molar-refractivity contribution in [2.24, 2.45) is 0 Å². The minimum absolute atomic E-state index is 0.0424. The second-order valence-electron chi connectivity index (χ2n) is 4.72. The molecule has 100 valence electrons. The summed E-state index contributed by atoms with van der Waals surface area (Å²) in [4.78, 5) is 10.8. The van der Waals surface area contributed by atoms with Crippen molar-refractivity contribution < 1.29 is 9.90 Å². The summed E-state index contributed by atoms with van der Waals surface area (Å²) in [6, 6.07) is 4.26. The van der Waals surface area contributed by atoms with E-state index in [-0.39, 0.29) is 6.54 Å². The number of aliphatic carboxylic acids is 1. The average molecular weight is 323 g/mol.